The van der Waals surface area contributed by atoms with Gasteiger partial charge in [0.2, 0.25) is 0 Å². The van der Waals surface area contributed by atoms with E-state index in [1.807, 2.05) is 0 Å². The van der Waals surface area contributed by atoms with Crippen LogP contribution in [0.5, 0.6) is 0 Å². The molecular weight excluding hydrogens is 340 g/mol. The Morgan fingerprint density at radius 3 is 2.88 bits per heavy atom. The van der Waals surface area contributed by atoms with Crippen LogP contribution in [0, 0.1) is 0 Å². The van der Waals surface area contributed by atoms with Crippen molar-refractivity contribution in [3.8, 4) is 0 Å². The van der Waals surface area contributed by atoms with Gasteiger partial charge in [0.25, 0.3) is 5.91 Å². The number of anilines is 1. The summed E-state index contributed by atoms with van der Waals surface area (Å²) in [5, 5.41) is 7.44. The molecule has 0 saturated heterocycles. The number of carbonyl (C=O) groups excluding carboxylic acids is 2. The number of methoxy groups -OCH3 is 1. The highest BCUT2D eigenvalue weighted by molar-refractivity contribution is 7.17. The predicted octanol–water partition coefficient (Wildman–Crippen LogP) is 2.29. The molecule has 0 radical (unpaired) electrons. The van der Waals surface area contributed by atoms with E-state index in [4.69, 9.17) is 4.74 Å². The van der Waals surface area contributed by atoms with Crippen LogP contribution in [-0.2, 0) is 24.8 Å². The molecule has 3 heterocycles. The van der Waals surface area contributed by atoms with Crippen LogP contribution in [0.15, 0.2) is 12.3 Å². The number of thiophene rings is 1. The minimum Gasteiger partial charge on any atom is -0.465 e. The predicted molar refractivity (Wildman–Crippen MR) is 96.1 cm³/mol. The van der Waals surface area contributed by atoms with Gasteiger partial charge in [0.1, 0.15) is 10.7 Å². The second kappa shape index (κ2) is 7.37. The Labute approximate surface area is 150 Å². The number of nitrogens with zero attached hydrogens (tertiary/aromatic N) is 3. The van der Waals surface area contributed by atoms with E-state index in [0.717, 1.165) is 42.9 Å². The van der Waals surface area contributed by atoms with Crippen molar-refractivity contribution in [1.29, 1.82) is 0 Å². The Morgan fingerprint density at radius 2 is 2.24 bits per heavy atom. The molecule has 0 fully saturated rings. The molecule has 7 nitrogen and oxygen atoms in total. The number of fused-ring (bicyclic) bond motifs is 1. The van der Waals surface area contributed by atoms with Crippen LogP contribution in [0.3, 0.4) is 0 Å². The maximum Gasteiger partial charge on any atom is 0.341 e. The zero-order chi connectivity index (χ0) is 18.0. The van der Waals surface area contributed by atoms with E-state index in [1.165, 1.54) is 23.1 Å². The molecule has 1 aliphatic rings. The van der Waals surface area contributed by atoms with Gasteiger partial charge in [-0.05, 0) is 31.0 Å². The minimum atomic E-state index is -0.401. The molecule has 2 aromatic heterocycles. The van der Waals surface area contributed by atoms with Gasteiger partial charge in [-0.15, -0.1) is 11.3 Å². The van der Waals surface area contributed by atoms with Crippen molar-refractivity contribution in [3.63, 3.8) is 0 Å². The Bertz CT molecular complexity index is 796. The van der Waals surface area contributed by atoms with Crippen molar-refractivity contribution in [1.82, 2.24) is 14.7 Å². The zero-order valence-corrected chi connectivity index (χ0v) is 15.5. The number of aromatic nitrogens is 2. The fourth-order valence-electron chi connectivity index (χ4n) is 3.13. The van der Waals surface area contributed by atoms with E-state index in [9.17, 15) is 9.59 Å². The number of hydrogen-bond acceptors (Lipinski definition) is 6. The van der Waals surface area contributed by atoms with Gasteiger partial charge in [-0.2, -0.15) is 5.10 Å². The average molecular weight is 362 g/mol. The van der Waals surface area contributed by atoms with E-state index in [1.54, 1.807) is 19.3 Å². The van der Waals surface area contributed by atoms with Crippen LogP contribution >= 0.6 is 11.3 Å². The molecule has 1 N–H and O–H groups in total. The number of ether oxygens (including phenoxy) is 1. The zero-order valence-electron chi connectivity index (χ0n) is 14.7. The molecule has 2 aromatic rings. The normalized spacial score (nSPS) is 14.2. The van der Waals surface area contributed by atoms with E-state index in [2.05, 4.69) is 22.2 Å². The third kappa shape index (κ3) is 3.45. The maximum atomic E-state index is 12.5. The molecule has 25 heavy (non-hydrogen) atoms. The van der Waals surface area contributed by atoms with Gasteiger partial charge in [-0.3, -0.25) is 14.4 Å². The second-order valence-electron chi connectivity index (χ2n) is 6.02. The third-order valence-corrected chi connectivity index (χ3v) is 5.48. The maximum absolute atomic E-state index is 12.5. The molecule has 1 aliphatic heterocycles. The molecule has 0 spiro atoms. The van der Waals surface area contributed by atoms with Gasteiger partial charge >= 0.3 is 5.97 Å². The summed E-state index contributed by atoms with van der Waals surface area (Å²) in [6, 6.07) is 1.64. The molecule has 0 aromatic carbocycles. The van der Waals surface area contributed by atoms with Crippen molar-refractivity contribution in [2.24, 2.45) is 7.05 Å². The Balaban J connectivity index is 1.92. The van der Waals surface area contributed by atoms with E-state index in [-0.39, 0.29) is 5.91 Å². The smallest absolute Gasteiger partial charge is 0.341 e. The van der Waals surface area contributed by atoms with Crippen LogP contribution in [-0.4, -0.2) is 46.8 Å². The third-order valence-electron chi connectivity index (χ3n) is 4.35. The summed E-state index contributed by atoms with van der Waals surface area (Å²) in [4.78, 5) is 28.3. The largest absolute Gasteiger partial charge is 0.465 e. The summed E-state index contributed by atoms with van der Waals surface area (Å²) in [7, 11) is 3.07. The van der Waals surface area contributed by atoms with Gasteiger partial charge < -0.3 is 10.1 Å². The quantitative estimate of drug-likeness (QED) is 0.826. The van der Waals surface area contributed by atoms with Crippen LogP contribution in [0.25, 0.3) is 0 Å². The summed E-state index contributed by atoms with van der Waals surface area (Å²) < 4.78 is 6.46. The number of amides is 1. The first-order valence-corrected chi connectivity index (χ1v) is 9.11. The van der Waals surface area contributed by atoms with Gasteiger partial charge in [0, 0.05) is 31.2 Å². The molecule has 0 unspecified atom stereocenters. The van der Waals surface area contributed by atoms with Gasteiger partial charge in [-0.1, -0.05) is 6.92 Å². The lowest BCUT2D eigenvalue weighted by molar-refractivity contribution is 0.0600. The number of rotatable bonds is 5. The molecule has 0 atom stereocenters. The van der Waals surface area contributed by atoms with Crippen LogP contribution in [0.2, 0.25) is 0 Å². The summed E-state index contributed by atoms with van der Waals surface area (Å²) in [6.07, 6.45) is 3.45. The highest BCUT2D eigenvalue weighted by Crippen LogP contribution is 2.37. The number of hydrogen-bond donors (Lipinski definition) is 1. The first-order valence-electron chi connectivity index (χ1n) is 8.29. The summed E-state index contributed by atoms with van der Waals surface area (Å²) in [5.74, 6) is -0.684. The SMILES string of the molecule is CCCN1CCc2c(sc(NC(=O)c3ccnn3C)c2C(=O)OC)C1. The first kappa shape index (κ1) is 17.6. The van der Waals surface area contributed by atoms with Crippen molar-refractivity contribution < 1.29 is 14.3 Å². The molecule has 0 aliphatic carbocycles. The first-order chi connectivity index (χ1) is 12.0. The van der Waals surface area contributed by atoms with E-state index in [0.29, 0.717) is 16.3 Å². The molecular formula is C17H22N4O3S. The molecule has 3 rings (SSSR count). The summed E-state index contributed by atoms with van der Waals surface area (Å²) in [6.45, 7) is 4.90. The van der Waals surface area contributed by atoms with Crippen molar-refractivity contribution in [2.45, 2.75) is 26.3 Å². The van der Waals surface area contributed by atoms with Gasteiger partial charge in [0.15, 0.2) is 0 Å². The number of aryl methyl sites for hydroxylation is 1. The van der Waals surface area contributed by atoms with Crippen LogP contribution in [0.1, 0.15) is 44.6 Å². The second-order valence-corrected chi connectivity index (χ2v) is 7.12. The fourth-order valence-corrected chi connectivity index (χ4v) is 4.41. The van der Waals surface area contributed by atoms with Crippen molar-refractivity contribution in [2.75, 3.05) is 25.5 Å². The van der Waals surface area contributed by atoms with Crippen molar-refractivity contribution >= 4 is 28.2 Å². The molecule has 8 heteroatoms. The van der Waals surface area contributed by atoms with Crippen LogP contribution < -0.4 is 5.32 Å². The highest BCUT2D eigenvalue weighted by Gasteiger charge is 2.29. The fraction of sp³-hybridized carbons (Fsp3) is 0.471. The van der Waals surface area contributed by atoms with Gasteiger partial charge in [-0.25, -0.2) is 4.79 Å². The molecule has 0 bridgehead atoms. The number of carbonyl (C=O) groups is 2. The average Bonchev–Trinajstić information content (AvgIpc) is 3.17. The molecule has 1 amide bonds. The molecule has 0 saturated carbocycles. The highest BCUT2D eigenvalue weighted by atomic mass is 32.1. The number of nitrogens with one attached hydrogen (secondary N) is 1. The lowest BCUT2D eigenvalue weighted by atomic mass is 10.0. The van der Waals surface area contributed by atoms with E-state index >= 15 is 0 Å². The topological polar surface area (TPSA) is 76.5 Å². The lowest BCUT2D eigenvalue weighted by Gasteiger charge is -2.26. The van der Waals surface area contributed by atoms with Crippen molar-refractivity contribution in [3.05, 3.63) is 34.0 Å². The monoisotopic (exact) mass is 362 g/mol. The van der Waals surface area contributed by atoms with Crippen LogP contribution in [0.4, 0.5) is 5.00 Å². The van der Waals surface area contributed by atoms with E-state index < -0.39 is 5.97 Å². The lowest BCUT2D eigenvalue weighted by Crippen LogP contribution is -2.30. The Hall–Kier alpha value is -2.19. The Morgan fingerprint density at radius 1 is 1.44 bits per heavy atom. The number of esters is 1. The standard InChI is InChI=1S/C17H22N4O3S/c1-4-8-21-9-6-11-13(10-21)25-16(14(11)17(23)24-3)19-15(22)12-5-7-18-20(12)2/h5,7H,4,6,8-10H2,1-3H3,(H,19,22). The summed E-state index contributed by atoms with van der Waals surface area (Å²) in [5.41, 5.74) is 1.94. The van der Waals surface area contributed by atoms with Gasteiger partial charge in [0.05, 0.1) is 12.7 Å². The molecule has 134 valence electrons. The minimum absolute atomic E-state index is 0.283. The summed E-state index contributed by atoms with van der Waals surface area (Å²) >= 11 is 1.46. The Kier molecular flexibility index (Phi) is 5.19.